The van der Waals surface area contributed by atoms with Crippen molar-refractivity contribution in [2.75, 3.05) is 25.0 Å². The first kappa shape index (κ1) is 34.1. The zero-order valence-electron chi connectivity index (χ0n) is 23.4. The molecule has 0 spiro atoms. The minimum absolute atomic E-state index is 0.00756. The third kappa shape index (κ3) is 10.0. The number of nitrogens with one attached hydrogen (secondary N) is 3. The van der Waals surface area contributed by atoms with E-state index < -0.39 is 81.7 Å². The molecule has 15 nitrogen and oxygen atoms in total. The molecule has 0 bridgehead atoms. The molecule has 42 heavy (non-hydrogen) atoms. The zero-order chi connectivity index (χ0) is 31.6. The second kappa shape index (κ2) is 15.2. The molecule has 1 aliphatic heterocycles. The molecule has 0 aromatic heterocycles. The van der Waals surface area contributed by atoms with Crippen molar-refractivity contribution in [3.63, 3.8) is 0 Å². The van der Waals surface area contributed by atoms with Crippen LogP contribution in [-0.2, 0) is 45.4 Å². The average Bonchev–Trinajstić information content (AvgIpc) is 3.23. The lowest BCUT2D eigenvalue weighted by molar-refractivity contribution is -0.137. The second-order valence-electron chi connectivity index (χ2n) is 9.85. The minimum atomic E-state index is -5.03. The summed E-state index contributed by atoms with van der Waals surface area (Å²) in [4.78, 5) is 74.3. The SMILES string of the molecule is CC(C)[C@H](CC(=O)C(CN1C(=O)C=CC1=O)S(=O)(=O)O)C(=O)N[C@@H](C)C(=O)Nc1ccc(COC(=O)NCCN)cc1. The van der Waals surface area contributed by atoms with Crippen LogP contribution in [0.2, 0.25) is 0 Å². The molecular formula is C26H35N5O10S. The Balaban J connectivity index is 1.98. The van der Waals surface area contributed by atoms with Gasteiger partial charge >= 0.3 is 6.09 Å². The number of benzene rings is 1. The van der Waals surface area contributed by atoms with E-state index in [2.05, 4.69) is 16.0 Å². The van der Waals surface area contributed by atoms with Crippen LogP contribution in [0, 0.1) is 11.8 Å². The van der Waals surface area contributed by atoms with Crippen molar-refractivity contribution in [3.05, 3.63) is 42.0 Å². The molecule has 3 atom stereocenters. The lowest BCUT2D eigenvalue weighted by atomic mass is 9.88. The fraction of sp³-hybridized carbons (Fsp3) is 0.462. The molecule has 1 unspecified atom stereocenters. The number of rotatable bonds is 15. The summed E-state index contributed by atoms with van der Waals surface area (Å²) in [6.07, 6.45) is 0.546. The highest BCUT2D eigenvalue weighted by molar-refractivity contribution is 7.87. The fourth-order valence-corrected chi connectivity index (χ4v) is 4.58. The van der Waals surface area contributed by atoms with Gasteiger partial charge in [0.05, 0.1) is 6.54 Å². The van der Waals surface area contributed by atoms with Crippen LogP contribution >= 0.6 is 0 Å². The molecule has 6 N–H and O–H groups in total. The van der Waals surface area contributed by atoms with E-state index in [9.17, 15) is 41.7 Å². The average molecular weight is 610 g/mol. The Morgan fingerprint density at radius 1 is 1.00 bits per heavy atom. The molecule has 1 aliphatic rings. The fourth-order valence-electron chi connectivity index (χ4n) is 3.81. The summed E-state index contributed by atoms with van der Waals surface area (Å²) in [6.45, 7) is 4.26. The van der Waals surface area contributed by atoms with Crippen molar-refractivity contribution in [1.29, 1.82) is 0 Å². The summed E-state index contributed by atoms with van der Waals surface area (Å²) < 4.78 is 38.5. The Hall–Kier alpha value is -4.15. The maximum atomic E-state index is 13.0. The number of ether oxygens (including phenoxy) is 1. The number of alkyl carbamates (subject to hydrolysis) is 1. The minimum Gasteiger partial charge on any atom is -0.445 e. The van der Waals surface area contributed by atoms with Gasteiger partial charge in [0.2, 0.25) is 11.8 Å². The summed E-state index contributed by atoms with van der Waals surface area (Å²) in [5, 5.41) is 5.43. The van der Waals surface area contributed by atoms with Gasteiger partial charge in [-0.2, -0.15) is 8.42 Å². The number of amides is 5. The molecule has 0 aliphatic carbocycles. The van der Waals surface area contributed by atoms with Crippen molar-refractivity contribution >= 4 is 51.3 Å². The van der Waals surface area contributed by atoms with Gasteiger partial charge < -0.3 is 26.4 Å². The van der Waals surface area contributed by atoms with Gasteiger partial charge in [-0.1, -0.05) is 26.0 Å². The topological polar surface area (TPSA) is 231 Å². The predicted molar refractivity (Wildman–Crippen MR) is 149 cm³/mol. The molecule has 1 aromatic carbocycles. The Bertz CT molecular complexity index is 1310. The predicted octanol–water partition coefficient (Wildman–Crippen LogP) is -0.272. The van der Waals surface area contributed by atoms with Crippen LogP contribution in [-0.4, -0.2) is 84.3 Å². The quantitative estimate of drug-likeness (QED) is 0.128. The van der Waals surface area contributed by atoms with Crippen LogP contribution in [0.5, 0.6) is 0 Å². The molecule has 16 heteroatoms. The van der Waals surface area contributed by atoms with Crippen molar-refractivity contribution in [1.82, 2.24) is 15.5 Å². The summed E-state index contributed by atoms with van der Waals surface area (Å²) in [7, 11) is -5.03. The number of nitrogens with two attached hydrogens (primary N) is 1. The highest BCUT2D eigenvalue weighted by atomic mass is 32.2. The van der Waals surface area contributed by atoms with Gasteiger partial charge in [0.25, 0.3) is 21.9 Å². The van der Waals surface area contributed by atoms with Gasteiger partial charge in [0, 0.05) is 43.3 Å². The number of ketones is 1. The van der Waals surface area contributed by atoms with Crippen molar-refractivity contribution in [2.24, 2.45) is 17.6 Å². The number of nitrogens with zero attached hydrogens (tertiary/aromatic N) is 1. The van der Waals surface area contributed by atoms with E-state index in [1.54, 1.807) is 38.1 Å². The Morgan fingerprint density at radius 2 is 1.60 bits per heavy atom. The van der Waals surface area contributed by atoms with Crippen molar-refractivity contribution in [2.45, 2.75) is 45.1 Å². The van der Waals surface area contributed by atoms with E-state index in [-0.39, 0.29) is 19.7 Å². The summed E-state index contributed by atoms with van der Waals surface area (Å²) in [5.74, 6) is -5.64. The number of imide groups is 1. The van der Waals surface area contributed by atoms with Gasteiger partial charge in [0.15, 0.2) is 11.0 Å². The van der Waals surface area contributed by atoms with Gasteiger partial charge in [0.1, 0.15) is 12.6 Å². The van der Waals surface area contributed by atoms with Crippen LogP contribution in [0.4, 0.5) is 10.5 Å². The molecule has 0 saturated carbocycles. The first-order chi connectivity index (χ1) is 19.6. The van der Waals surface area contributed by atoms with Crippen LogP contribution in [0.1, 0.15) is 32.8 Å². The molecule has 1 aromatic rings. The lowest BCUT2D eigenvalue weighted by Crippen LogP contribution is -2.48. The standard InChI is InChI=1S/C26H35N5O10S/c1-15(2)19(12-20(32)21(42(38,39)40)13-31-22(33)8-9-23(31)34)25(36)29-16(3)24(35)30-18-6-4-17(5-7-18)14-41-26(37)28-11-10-27/h4-9,15-16,19,21H,10-14,27H2,1-3H3,(H,28,37)(H,29,36)(H,30,35)(H,38,39,40)/t16-,19-,21?/m0/s1. The number of carbonyl (C=O) groups is 6. The number of Topliss-reactive ketones (excluding diaryl/α,β-unsaturated/α-hetero) is 1. The first-order valence-corrected chi connectivity index (χ1v) is 14.5. The van der Waals surface area contributed by atoms with E-state index in [4.69, 9.17) is 10.5 Å². The third-order valence-corrected chi connectivity index (χ3v) is 7.42. The van der Waals surface area contributed by atoms with E-state index >= 15 is 0 Å². The van der Waals surface area contributed by atoms with Gasteiger partial charge in [-0.3, -0.25) is 33.4 Å². The Kier molecular flexibility index (Phi) is 12.3. The maximum absolute atomic E-state index is 13.0. The van der Waals surface area contributed by atoms with Crippen LogP contribution in [0.3, 0.4) is 0 Å². The highest BCUT2D eigenvalue weighted by Crippen LogP contribution is 2.20. The summed E-state index contributed by atoms with van der Waals surface area (Å²) in [5.41, 5.74) is 6.35. The molecule has 5 amide bonds. The Morgan fingerprint density at radius 3 is 2.12 bits per heavy atom. The molecular weight excluding hydrogens is 574 g/mol. The number of hydrogen-bond acceptors (Lipinski definition) is 10. The zero-order valence-corrected chi connectivity index (χ0v) is 24.2. The Labute approximate surface area is 242 Å². The van der Waals surface area contributed by atoms with E-state index in [0.717, 1.165) is 12.2 Å². The summed E-state index contributed by atoms with van der Waals surface area (Å²) in [6, 6.07) is 5.32. The normalized spacial score (nSPS) is 15.2. The monoisotopic (exact) mass is 609 g/mol. The van der Waals surface area contributed by atoms with E-state index in [1.165, 1.54) is 6.92 Å². The molecule has 0 saturated heterocycles. The molecule has 2 rings (SSSR count). The first-order valence-electron chi connectivity index (χ1n) is 13.0. The molecule has 230 valence electrons. The number of hydrogen-bond donors (Lipinski definition) is 5. The maximum Gasteiger partial charge on any atom is 0.407 e. The third-order valence-electron chi connectivity index (χ3n) is 6.29. The highest BCUT2D eigenvalue weighted by Gasteiger charge is 2.39. The summed E-state index contributed by atoms with van der Waals surface area (Å²) >= 11 is 0. The number of anilines is 1. The van der Waals surface area contributed by atoms with Gasteiger partial charge in [-0.25, -0.2) is 4.79 Å². The van der Waals surface area contributed by atoms with E-state index in [0.29, 0.717) is 16.2 Å². The molecule has 0 fully saturated rings. The second-order valence-corrected chi connectivity index (χ2v) is 11.5. The van der Waals surface area contributed by atoms with Crippen LogP contribution in [0.25, 0.3) is 0 Å². The van der Waals surface area contributed by atoms with Crippen molar-refractivity contribution in [3.8, 4) is 0 Å². The molecule has 1 heterocycles. The van der Waals surface area contributed by atoms with Crippen LogP contribution < -0.4 is 21.7 Å². The number of carbonyl (C=O) groups excluding carboxylic acids is 6. The largest absolute Gasteiger partial charge is 0.445 e. The molecule has 0 radical (unpaired) electrons. The van der Waals surface area contributed by atoms with Crippen LogP contribution in [0.15, 0.2) is 36.4 Å². The smallest absolute Gasteiger partial charge is 0.407 e. The van der Waals surface area contributed by atoms with Crippen molar-refractivity contribution < 1.29 is 46.5 Å². The van der Waals surface area contributed by atoms with Gasteiger partial charge in [-0.05, 0) is 30.5 Å². The van der Waals surface area contributed by atoms with E-state index in [1.807, 2.05) is 0 Å². The lowest BCUT2D eigenvalue weighted by Gasteiger charge is -2.25. The van der Waals surface area contributed by atoms with Gasteiger partial charge in [-0.15, -0.1) is 0 Å².